The lowest BCUT2D eigenvalue weighted by atomic mass is 10.1. The van der Waals surface area contributed by atoms with Crippen molar-refractivity contribution in [3.63, 3.8) is 0 Å². The molecule has 1 aromatic heterocycles. The first-order valence-electron chi connectivity index (χ1n) is 6.41. The van der Waals surface area contributed by atoms with Gasteiger partial charge in [-0.05, 0) is 0 Å². The van der Waals surface area contributed by atoms with Gasteiger partial charge in [0.1, 0.15) is 0 Å². The second kappa shape index (κ2) is 6.13. The molecule has 0 N–H and O–H groups in total. The van der Waals surface area contributed by atoms with Crippen molar-refractivity contribution in [2.75, 3.05) is 19.0 Å². The molecule has 21 heavy (non-hydrogen) atoms. The van der Waals surface area contributed by atoms with Crippen molar-refractivity contribution in [3.05, 3.63) is 64.5 Å². The van der Waals surface area contributed by atoms with Crippen LogP contribution in [0.15, 0.2) is 48.8 Å². The minimum atomic E-state index is -0.504. The number of ketones is 1. The first kappa shape index (κ1) is 14.6. The minimum absolute atomic E-state index is 0.0752. The first-order chi connectivity index (χ1) is 9.97. The van der Waals surface area contributed by atoms with Crippen molar-refractivity contribution >= 4 is 17.2 Å². The summed E-state index contributed by atoms with van der Waals surface area (Å²) in [6.45, 7) is 0.148. The molecule has 0 bridgehead atoms. The second-order valence-corrected chi connectivity index (χ2v) is 4.85. The largest absolute Gasteiger partial charge is 0.377 e. The van der Waals surface area contributed by atoms with Gasteiger partial charge < -0.3 is 4.90 Å². The smallest absolute Gasteiger partial charge is 0.270 e. The number of benzene rings is 1. The molecule has 0 aliphatic heterocycles. The van der Waals surface area contributed by atoms with E-state index in [-0.39, 0.29) is 18.0 Å². The lowest BCUT2D eigenvalue weighted by Gasteiger charge is -2.10. The van der Waals surface area contributed by atoms with Crippen molar-refractivity contribution in [1.29, 1.82) is 0 Å². The van der Waals surface area contributed by atoms with Crippen LogP contribution in [0.25, 0.3) is 0 Å². The van der Waals surface area contributed by atoms with Crippen LogP contribution in [-0.2, 0) is 6.54 Å². The Morgan fingerprint density at radius 3 is 2.48 bits per heavy atom. The summed E-state index contributed by atoms with van der Waals surface area (Å²) in [6, 6.07) is 9.59. The van der Waals surface area contributed by atoms with E-state index in [1.165, 1.54) is 18.2 Å². The number of nitrogens with zero attached hydrogens (tertiary/aromatic N) is 3. The van der Waals surface area contributed by atoms with E-state index < -0.39 is 4.92 Å². The predicted molar refractivity (Wildman–Crippen MR) is 78.4 cm³/mol. The van der Waals surface area contributed by atoms with Crippen LogP contribution in [0.1, 0.15) is 10.4 Å². The van der Waals surface area contributed by atoms with Gasteiger partial charge in [-0.25, -0.2) is 0 Å². The van der Waals surface area contributed by atoms with Crippen LogP contribution in [0.5, 0.6) is 0 Å². The van der Waals surface area contributed by atoms with Gasteiger partial charge in [0.15, 0.2) is 12.4 Å². The van der Waals surface area contributed by atoms with Gasteiger partial charge in [0.25, 0.3) is 5.69 Å². The summed E-state index contributed by atoms with van der Waals surface area (Å²) >= 11 is 0. The summed E-state index contributed by atoms with van der Waals surface area (Å²) in [5.41, 5.74) is 1.30. The Morgan fingerprint density at radius 2 is 1.90 bits per heavy atom. The van der Waals surface area contributed by atoms with Gasteiger partial charge in [-0.2, -0.15) is 4.57 Å². The van der Waals surface area contributed by atoms with Gasteiger partial charge in [-0.15, -0.1) is 0 Å². The van der Waals surface area contributed by atoms with E-state index >= 15 is 0 Å². The molecule has 0 amide bonds. The Kier molecular flexibility index (Phi) is 4.27. The Labute approximate surface area is 122 Å². The van der Waals surface area contributed by atoms with Gasteiger partial charge in [-0.1, -0.05) is 12.1 Å². The average molecular weight is 286 g/mol. The van der Waals surface area contributed by atoms with Gasteiger partial charge >= 0.3 is 0 Å². The molecule has 0 atom stereocenters. The first-order valence-corrected chi connectivity index (χ1v) is 6.41. The molecule has 0 spiro atoms. The highest BCUT2D eigenvalue weighted by atomic mass is 16.6. The van der Waals surface area contributed by atoms with Crippen LogP contribution < -0.4 is 9.47 Å². The van der Waals surface area contributed by atoms with E-state index in [2.05, 4.69) is 0 Å². The van der Waals surface area contributed by atoms with Crippen LogP contribution >= 0.6 is 0 Å². The third kappa shape index (κ3) is 3.62. The number of non-ortho nitro benzene ring substituents is 1. The number of carbonyl (C=O) groups is 1. The lowest BCUT2D eigenvalue weighted by molar-refractivity contribution is -0.683. The Balaban J connectivity index is 2.14. The molecular weight excluding hydrogens is 270 g/mol. The molecule has 0 aliphatic carbocycles. The van der Waals surface area contributed by atoms with Crippen molar-refractivity contribution in [1.82, 2.24) is 0 Å². The highest BCUT2D eigenvalue weighted by Gasteiger charge is 2.15. The molecule has 0 unspecified atom stereocenters. The van der Waals surface area contributed by atoms with Gasteiger partial charge in [0, 0.05) is 49.6 Å². The summed E-state index contributed by atoms with van der Waals surface area (Å²) < 4.78 is 1.74. The zero-order chi connectivity index (χ0) is 15.4. The normalized spacial score (nSPS) is 10.2. The molecule has 0 saturated carbocycles. The number of nitro benzene ring substituents is 1. The molecule has 0 saturated heterocycles. The summed E-state index contributed by atoms with van der Waals surface area (Å²) in [7, 11) is 3.88. The molecule has 0 fully saturated rings. The fraction of sp³-hybridized carbons (Fsp3) is 0.200. The Bertz CT molecular complexity index is 666. The zero-order valence-electron chi connectivity index (χ0n) is 11.9. The van der Waals surface area contributed by atoms with Gasteiger partial charge in [0.05, 0.1) is 4.92 Å². The van der Waals surface area contributed by atoms with Crippen molar-refractivity contribution in [2.24, 2.45) is 0 Å². The summed E-state index contributed by atoms with van der Waals surface area (Å²) in [5, 5.41) is 10.7. The third-order valence-electron chi connectivity index (χ3n) is 3.10. The van der Waals surface area contributed by atoms with E-state index in [0.29, 0.717) is 5.56 Å². The van der Waals surface area contributed by atoms with E-state index in [1.54, 1.807) is 10.6 Å². The highest BCUT2D eigenvalue weighted by Crippen LogP contribution is 2.13. The maximum atomic E-state index is 12.2. The molecule has 1 heterocycles. The fourth-order valence-electron chi connectivity index (χ4n) is 1.90. The summed E-state index contributed by atoms with van der Waals surface area (Å²) in [6.07, 6.45) is 3.62. The molecule has 2 rings (SSSR count). The number of rotatable bonds is 5. The molecule has 0 radical (unpaired) electrons. The maximum absolute atomic E-state index is 12.2. The third-order valence-corrected chi connectivity index (χ3v) is 3.10. The molecule has 2 aromatic rings. The van der Waals surface area contributed by atoms with E-state index in [9.17, 15) is 14.9 Å². The maximum Gasteiger partial charge on any atom is 0.270 e. The monoisotopic (exact) mass is 286 g/mol. The van der Waals surface area contributed by atoms with Crippen molar-refractivity contribution < 1.29 is 14.3 Å². The fourth-order valence-corrected chi connectivity index (χ4v) is 1.90. The summed E-state index contributed by atoms with van der Waals surface area (Å²) in [5.74, 6) is -0.165. The highest BCUT2D eigenvalue weighted by molar-refractivity contribution is 5.95. The predicted octanol–water partition coefficient (Wildman–Crippen LogP) is 1.83. The Hall–Kier alpha value is -2.76. The number of hydrogen-bond donors (Lipinski definition) is 0. The van der Waals surface area contributed by atoms with E-state index in [0.717, 1.165) is 5.69 Å². The summed E-state index contributed by atoms with van der Waals surface area (Å²) in [4.78, 5) is 24.3. The SMILES string of the molecule is CN(C)c1cc[n+](CC(=O)c2cccc([N+](=O)[O-])c2)cc1. The van der Waals surface area contributed by atoms with Gasteiger partial charge in [0.2, 0.25) is 12.3 Å². The molecular formula is C15H16N3O3+. The van der Waals surface area contributed by atoms with Crippen LogP contribution in [0, 0.1) is 10.1 Å². The second-order valence-electron chi connectivity index (χ2n) is 4.85. The number of pyridine rings is 1. The molecule has 6 heteroatoms. The number of aromatic nitrogens is 1. The topological polar surface area (TPSA) is 67.3 Å². The zero-order valence-corrected chi connectivity index (χ0v) is 11.9. The molecule has 0 aliphatic rings. The van der Waals surface area contributed by atoms with Gasteiger partial charge in [-0.3, -0.25) is 14.9 Å². The minimum Gasteiger partial charge on any atom is -0.377 e. The molecule has 6 nitrogen and oxygen atoms in total. The number of carbonyl (C=O) groups excluding carboxylic acids is 1. The lowest BCUT2D eigenvalue weighted by Crippen LogP contribution is -2.37. The van der Waals surface area contributed by atoms with Crippen molar-refractivity contribution in [3.8, 4) is 0 Å². The van der Waals surface area contributed by atoms with Crippen LogP contribution in [-0.4, -0.2) is 24.8 Å². The van der Waals surface area contributed by atoms with E-state index in [1.807, 2.05) is 43.5 Å². The average Bonchev–Trinajstić information content (AvgIpc) is 2.48. The Morgan fingerprint density at radius 1 is 1.24 bits per heavy atom. The van der Waals surface area contributed by atoms with E-state index in [4.69, 9.17) is 0 Å². The van der Waals surface area contributed by atoms with Crippen molar-refractivity contribution in [2.45, 2.75) is 6.54 Å². The van der Waals surface area contributed by atoms with Crippen LogP contribution in [0.4, 0.5) is 11.4 Å². The number of nitro groups is 1. The standard InChI is InChI=1S/C15H16N3O3/c1-16(2)13-6-8-17(9-7-13)11-15(19)12-4-3-5-14(10-12)18(20)21/h3-10H,11H2,1-2H3/q+1. The van der Waals surface area contributed by atoms with Crippen LogP contribution in [0.3, 0.4) is 0 Å². The molecule has 1 aromatic carbocycles. The number of anilines is 1. The quantitative estimate of drug-likeness (QED) is 0.364. The number of Topliss-reactive ketones (excluding diaryl/α,β-unsaturated/α-hetero) is 1. The molecule has 108 valence electrons. The van der Waals surface area contributed by atoms with Crippen LogP contribution in [0.2, 0.25) is 0 Å². The number of hydrogen-bond acceptors (Lipinski definition) is 4.